The summed E-state index contributed by atoms with van der Waals surface area (Å²) in [7, 11) is 0. The van der Waals surface area contributed by atoms with E-state index < -0.39 is 0 Å². The number of unbranched alkanes of at least 4 members (excludes halogenated alkanes) is 14. The third kappa shape index (κ3) is 16.1. The van der Waals surface area contributed by atoms with E-state index in [0.29, 0.717) is 19.4 Å². The quantitative estimate of drug-likeness (QED) is 0.197. The molecule has 0 rings (SSSR count). The molecule has 0 aliphatic carbocycles. The van der Waals surface area contributed by atoms with E-state index in [-0.39, 0.29) is 11.8 Å². The average Bonchev–Trinajstić information content (AvgIpc) is 2.69. The number of carbonyl (C=O) groups is 2. The lowest BCUT2D eigenvalue weighted by Gasteiger charge is -2.21. The summed E-state index contributed by atoms with van der Waals surface area (Å²) in [6.45, 7) is 7.28. The Bertz CT molecular complexity index is 340. The fourth-order valence-electron chi connectivity index (χ4n) is 3.64. The van der Waals surface area contributed by atoms with Crippen LogP contribution in [0.1, 0.15) is 143 Å². The van der Waals surface area contributed by atoms with Gasteiger partial charge in [-0.15, -0.1) is 0 Å². The summed E-state index contributed by atoms with van der Waals surface area (Å²) >= 11 is 0. The van der Waals surface area contributed by atoms with E-state index in [0.717, 1.165) is 38.5 Å². The van der Waals surface area contributed by atoms with Crippen LogP contribution < -0.4 is 0 Å². The number of hydrogen-bond donors (Lipinski definition) is 0. The number of hydrogen-bond acceptors (Lipinski definition) is 2. The highest BCUT2D eigenvalue weighted by atomic mass is 16.2. The highest BCUT2D eigenvalue weighted by molar-refractivity contribution is 5.95. The van der Waals surface area contributed by atoms with Gasteiger partial charge in [-0.05, 0) is 19.3 Å². The van der Waals surface area contributed by atoms with Crippen LogP contribution in [0.3, 0.4) is 0 Å². The van der Waals surface area contributed by atoms with Gasteiger partial charge in [0, 0.05) is 19.4 Å². The molecule has 0 bridgehead atoms. The summed E-state index contributed by atoms with van der Waals surface area (Å²) in [5.74, 6) is 0.143. The Morgan fingerprint density at radius 1 is 0.464 bits per heavy atom. The van der Waals surface area contributed by atoms with Crippen molar-refractivity contribution in [2.24, 2.45) is 0 Å². The van der Waals surface area contributed by atoms with Crippen molar-refractivity contribution in [3.05, 3.63) is 0 Å². The SMILES string of the molecule is CCCCCCCCC(=O)N(CCCCCCC)C(=O)CCCCCCCC. The highest BCUT2D eigenvalue weighted by Gasteiger charge is 2.20. The summed E-state index contributed by atoms with van der Waals surface area (Å²) in [5.41, 5.74) is 0. The molecule has 2 amide bonds. The second-order valence-electron chi connectivity index (χ2n) is 8.39. The van der Waals surface area contributed by atoms with E-state index >= 15 is 0 Å². The maximum Gasteiger partial charge on any atom is 0.229 e. The second kappa shape index (κ2) is 20.9. The lowest BCUT2D eigenvalue weighted by atomic mass is 10.1. The average molecular weight is 396 g/mol. The summed E-state index contributed by atoms with van der Waals surface area (Å²) in [5, 5.41) is 0. The van der Waals surface area contributed by atoms with Gasteiger partial charge in [-0.2, -0.15) is 0 Å². The summed E-state index contributed by atoms with van der Waals surface area (Å²) in [4.78, 5) is 26.9. The number of amides is 2. The van der Waals surface area contributed by atoms with Gasteiger partial charge in [-0.1, -0.05) is 111 Å². The molecule has 3 heteroatoms. The topological polar surface area (TPSA) is 37.4 Å². The summed E-state index contributed by atoms with van der Waals surface area (Å²) in [6.07, 6.45) is 21.0. The lowest BCUT2D eigenvalue weighted by Crippen LogP contribution is -2.37. The van der Waals surface area contributed by atoms with Crippen molar-refractivity contribution < 1.29 is 9.59 Å². The molecule has 0 N–H and O–H groups in total. The first-order chi connectivity index (χ1) is 13.7. The molecule has 0 aromatic heterocycles. The minimum atomic E-state index is 0.0713. The van der Waals surface area contributed by atoms with Crippen LogP contribution in [0, 0.1) is 0 Å². The third-order valence-corrected chi connectivity index (χ3v) is 5.58. The lowest BCUT2D eigenvalue weighted by molar-refractivity contribution is -0.145. The first-order valence-electron chi connectivity index (χ1n) is 12.5. The molecule has 0 atom stereocenters. The van der Waals surface area contributed by atoms with Crippen molar-refractivity contribution in [3.63, 3.8) is 0 Å². The monoisotopic (exact) mass is 395 g/mol. The standard InChI is InChI=1S/C25H49NO2/c1-4-7-10-13-15-18-21-24(27)26(23-20-17-12-9-6-3)25(28)22-19-16-14-11-8-5-2/h4-23H2,1-3H3. The van der Waals surface area contributed by atoms with Crippen LogP contribution in [0.2, 0.25) is 0 Å². The van der Waals surface area contributed by atoms with E-state index in [4.69, 9.17) is 0 Å². The Balaban J connectivity index is 4.26. The molecule has 0 aliphatic heterocycles. The number of nitrogens with zero attached hydrogens (tertiary/aromatic N) is 1. The van der Waals surface area contributed by atoms with Gasteiger partial charge >= 0.3 is 0 Å². The van der Waals surface area contributed by atoms with Crippen LogP contribution >= 0.6 is 0 Å². The molecule has 3 nitrogen and oxygen atoms in total. The van der Waals surface area contributed by atoms with Gasteiger partial charge in [-0.25, -0.2) is 0 Å². The third-order valence-electron chi connectivity index (χ3n) is 5.58. The smallest absolute Gasteiger partial charge is 0.229 e. The largest absolute Gasteiger partial charge is 0.283 e. The van der Waals surface area contributed by atoms with Crippen LogP contribution in [-0.2, 0) is 9.59 Å². The van der Waals surface area contributed by atoms with Crippen LogP contribution in [0.5, 0.6) is 0 Å². The minimum Gasteiger partial charge on any atom is -0.283 e. The number of carbonyl (C=O) groups excluding carboxylic acids is 2. The molecular weight excluding hydrogens is 346 g/mol. The molecule has 28 heavy (non-hydrogen) atoms. The Labute approximate surface area is 176 Å². The van der Waals surface area contributed by atoms with Crippen LogP contribution in [-0.4, -0.2) is 23.3 Å². The molecular formula is C25H49NO2. The molecule has 166 valence electrons. The van der Waals surface area contributed by atoms with Crippen LogP contribution in [0.25, 0.3) is 0 Å². The van der Waals surface area contributed by atoms with Crippen molar-refractivity contribution >= 4 is 11.8 Å². The Hall–Kier alpha value is -0.860. The first kappa shape index (κ1) is 27.1. The highest BCUT2D eigenvalue weighted by Crippen LogP contribution is 2.13. The van der Waals surface area contributed by atoms with Gasteiger partial charge in [0.25, 0.3) is 0 Å². The van der Waals surface area contributed by atoms with E-state index in [9.17, 15) is 9.59 Å². The van der Waals surface area contributed by atoms with Crippen LogP contribution in [0.15, 0.2) is 0 Å². The van der Waals surface area contributed by atoms with Gasteiger partial charge in [0.05, 0.1) is 0 Å². The molecule has 0 radical (unpaired) electrons. The van der Waals surface area contributed by atoms with Gasteiger partial charge in [0.15, 0.2) is 0 Å². The fraction of sp³-hybridized carbons (Fsp3) is 0.920. The van der Waals surface area contributed by atoms with E-state index in [1.54, 1.807) is 4.90 Å². The number of rotatable bonds is 20. The Morgan fingerprint density at radius 2 is 0.786 bits per heavy atom. The normalized spacial score (nSPS) is 11.0. The molecule has 0 saturated carbocycles. The first-order valence-corrected chi connectivity index (χ1v) is 12.5. The van der Waals surface area contributed by atoms with Crippen molar-refractivity contribution in [3.8, 4) is 0 Å². The predicted molar refractivity (Wildman–Crippen MR) is 121 cm³/mol. The summed E-state index contributed by atoms with van der Waals surface area (Å²) in [6, 6.07) is 0. The second-order valence-corrected chi connectivity index (χ2v) is 8.39. The van der Waals surface area contributed by atoms with E-state index in [1.165, 1.54) is 70.6 Å². The maximum atomic E-state index is 12.7. The molecule has 0 heterocycles. The van der Waals surface area contributed by atoms with E-state index in [1.807, 2.05) is 0 Å². The maximum absolute atomic E-state index is 12.7. The molecule has 0 aromatic rings. The molecule has 0 unspecified atom stereocenters. The van der Waals surface area contributed by atoms with Crippen molar-refractivity contribution in [2.75, 3.05) is 6.54 Å². The Morgan fingerprint density at radius 3 is 1.18 bits per heavy atom. The molecule has 0 aromatic carbocycles. The molecule has 0 spiro atoms. The zero-order valence-corrected chi connectivity index (χ0v) is 19.4. The van der Waals surface area contributed by atoms with Gasteiger partial charge < -0.3 is 0 Å². The zero-order chi connectivity index (χ0) is 20.9. The predicted octanol–water partition coefficient (Wildman–Crippen LogP) is 7.81. The summed E-state index contributed by atoms with van der Waals surface area (Å²) < 4.78 is 0. The fourth-order valence-corrected chi connectivity index (χ4v) is 3.64. The van der Waals surface area contributed by atoms with Gasteiger partial charge in [0.1, 0.15) is 0 Å². The molecule has 0 fully saturated rings. The zero-order valence-electron chi connectivity index (χ0n) is 19.4. The van der Waals surface area contributed by atoms with Gasteiger partial charge in [-0.3, -0.25) is 14.5 Å². The van der Waals surface area contributed by atoms with Crippen molar-refractivity contribution in [2.45, 2.75) is 143 Å². The van der Waals surface area contributed by atoms with E-state index in [2.05, 4.69) is 20.8 Å². The molecule has 0 saturated heterocycles. The minimum absolute atomic E-state index is 0.0713. The van der Waals surface area contributed by atoms with Gasteiger partial charge in [0.2, 0.25) is 11.8 Å². The molecule has 0 aliphatic rings. The number of imide groups is 1. The van der Waals surface area contributed by atoms with Crippen molar-refractivity contribution in [1.29, 1.82) is 0 Å². The van der Waals surface area contributed by atoms with Crippen LogP contribution in [0.4, 0.5) is 0 Å². The van der Waals surface area contributed by atoms with Crippen molar-refractivity contribution in [1.82, 2.24) is 4.90 Å². The Kier molecular flexibility index (Phi) is 20.2.